The molecule has 5 nitrogen and oxygen atoms in total. The Morgan fingerprint density at radius 2 is 1.71 bits per heavy atom. The number of fused-ring (bicyclic) bond motifs is 1. The summed E-state index contributed by atoms with van der Waals surface area (Å²) in [5.41, 5.74) is 3.29. The molecule has 1 aliphatic heterocycles. The van der Waals surface area contributed by atoms with Crippen LogP contribution in [-0.4, -0.2) is 27.7 Å². The summed E-state index contributed by atoms with van der Waals surface area (Å²) < 4.78 is 5.90. The first-order valence-electron chi connectivity index (χ1n) is 11.5. The quantitative estimate of drug-likeness (QED) is 0.421. The van der Waals surface area contributed by atoms with E-state index in [-0.39, 0.29) is 17.4 Å². The minimum absolute atomic E-state index is 0.00515. The normalized spacial score (nSPS) is 23.9. The molecule has 2 heterocycles. The van der Waals surface area contributed by atoms with Crippen LogP contribution in [0.1, 0.15) is 79.2 Å². The Labute approximate surface area is 182 Å². The van der Waals surface area contributed by atoms with Crippen molar-refractivity contribution in [2.24, 2.45) is 0 Å². The van der Waals surface area contributed by atoms with E-state index in [4.69, 9.17) is 4.42 Å². The highest BCUT2D eigenvalue weighted by Crippen LogP contribution is 2.43. The van der Waals surface area contributed by atoms with E-state index in [1.807, 2.05) is 37.3 Å². The zero-order valence-electron chi connectivity index (χ0n) is 18.0. The van der Waals surface area contributed by atoms with Gasteiger partial charge in [-0.05, 0) is 74.8 Å². The summed E-state index contributed by atoms with van der Waals surface area (Å²) in [5, 5.41) is 11.3. The maximum absolute atomic E-state index is 13.2. The van der Waals surface area contributed by atoms with Gasteiger partial charge in [-0.25, -0.2) is 0 Å². The van der Waals surface area contributed by atoms with Crippen molar-refractivity contribution in [2.45, 2.75) is 76.8 Å². The van der Waals surface area contributed by atoms with Gasteiger partial charge in [0.2, 0.25) is 0 Å². The van der Waals surface area contributed by atoms with Gasteiger partial charge in [0.05, 0.1) is 5.57 Å². The molecular weight excluding hydrogens is 390 g/mol. The molecule has 2 aliphatic carbocycles. The Bertz CT molecular complexity index is 1060. The van der Waals surface area contributed by atoms with E-state index in [0.717, 1.165) is 57.1 Å². The fourth-order valence-electron chi connectivity index (χ4n) is 5.50. The van der Waals surface area contributed by atoms with Gasteiger partial charge in [-0.15, -0.1) is 0 Å². The summed E-state index contributed by atoms with van der Waals surface area (Å²) in [6.07, 6.45) is 9.34. The molecular formula is C26H29NO4. The monoisotopic (exact) mass is 419 g/mol. The molecule has 0 spiro atoms. The molecule has 3 aliphatic rings. The van der Waals surface area contributed by atoms with E-state index in [0.29, 0.717) is 11.3 Å². The smallest absolute Gasteiger partial charge is 0.296 e. The summed E-state index contributed by atoms with van der Waals surface area (Å²) >= 11 is 0. The number of aliphatic hydroxyl groups excluding tert-OH is 1. The number of aryl methyl sites for hydroxylation is 3. The Kier molecular flexibility index (Phi) is 5.20. The van der Waals surface area contributed by atoms with E-state index in [1.54, 1.807) is 4.90 Å². The number of amides is 1. The molecule has 31 heavy (non-hydrogen) atoms. The summed E-state index contributed by atoms with van der Waals surface area (Å²) in [7, 11) is 0. The van der Waals surface area contributed by atoms with Crippen LogP contribution in [0.25, 0.3) is 5.76 Å². The second-order valence-corrected chi connectivity index (χ2v) is 9.14. The number of furan rings is 1. The summed E-state index contributed by atoms with van der Waals surface area (Å²) in [4.78, 5) is 28.0. The van der Waals surface area contributed by atoms with Crippen molar-refractivity contribution in [3.8, 4) is 0 Å². The van der Waals surface area contributed by atoms with E-state index in [9.17, 15) is 14.7 Å². The molecule has 1 saturated carbocycles. The van der Waals surface area contributed by atoms with Crippen LogP contribution in [0, 0.1) is 6.92 Å². The Balaban J connectivity index is 1.62. The summed E-state index contributed by atoms with van der Waals surface area (Å²) in [6, 6.07) is 8.90. The third-order valence-electron chi connectivity index (χ3n) is 7.10. The maximum Gasteiger partial charge on any atom is 0.296 e. The minimum atomic E-state index is -0.673. The third kappa shape index (κ3) is 3.50. The van der Waals surface area contributed by atoms with Crippen molar-refractivity contribution in [1.82, 2.24) is 4.90 Å². The molecule has 1 saturated heterocycles. The van der Waals surface area contributed by atoms with Gasteiger partial charge in [0.25, 0.3) is 11.7 Å². The van der Waals surface area contributed by atoms with Crippen LogP contribution >= 0.6 is 0 Å². The number of benzene rings is 1. The number of aliphatic hydroxyl groups is 1. The first-order valence-corrected chi connectivity index (χ1v) is 11.5. The van der Waals surface area contributed by atoms with E-state index < -0.39 is 17.7 Å². The standard InChI is InChI=1S/C26H29NO4/c1-16-11-14-21(31-16)23-22(25(29)26(30)27(23)20-9-3-2-4-10-20)24(28)19-13-12-17-7-5-6-8-18(17)15-19/h11-15,20,23,28H,2-10H2,1H3/b24-22-. The molecule has 1 aromatic heterocycles. The number of ketones is 1. The highest BCUT2D eigenvalue weighted by Gasteiger charge is 2.50. The number of hydrogen-bond acceptors (Lipinski definition) is 4. The molecule has 1 amide bonds. The fraction of sp³-hybridized carbons (Fsp3) is 0.462. The largest absolute Gasteiger partial charge is 0.507 e. The number of nitrogens with zero attached hydrogens (tertiary/aromatic N) is 1. The average molecular weight is 420 g/mol. The van der Waals surface area contributed by atoms with Gasteiger partial charge in [0.1, 0.15) is 23.3 Å². The van der Waals surface area contributed by atoms with Gasteiger partial charge in [-0.2, -0.15) is 0 Å². The topological polar surface area (TPSA) is 70.8 Å². The first kappa shape index (κ1) is 20.1. The molecule has 162 valence electrons. The summed E-state index contributed by atoms with van der Waals surface area (Å²) in [6.45, 7) is 1.85. The van der Waals surface area contributed by atoms with Crippen LogP contribution < -0.4 is 0 Å². The number of rotatable bonds is 3. The molecule has 1 aromatic carbocycles. The number of carbonyl (C=O) groups is 2. The molecule has 5 heteroatoms. The lowest BCUT2D eigenvalue weighted by molar-refractivity contribution is -0.142. The van der Waals surface area contributed by atoms with Crippen molar-refractivity contribution in [3.63, 3.8) is 0 Å². The lowest BCUT2D eigenvalue weighted by Crippen LogP contribution is -2.40. The van der Waals surface area contributed by atoms with E-state index >= 15 is 0 Å². The summed E-state index contributed by atoms with van der Waals surface area (Å²) in [5.74, 6) is 0.0363. The molecule has 5 rings (SSSR count). The first-order chi connectivity index (χ1) is 15.0. The van der Waals surface area contributed by atoms with Crippen molar-refractivity contribution in [3.05, 3.63) is 64.1 Å². The van der Waals surface area contributed by atoms with Crippen molar-refractivity contribution in [1.29, 1.82) is 0 Å². The molecule has 1 unspecified atom stereocenters. The van der Waals surface area contributed by atoms with Crippen LogP contribution in [0.15, 0.2) is 40.3 Å². The number of carbonyl (C=O) groups excluding carboxylic acids is 2. The number of Topliss-reactive ketones (excluding diaryl/α,β-unsaturated/α-hetero) is 1. The van der Waals surface area contributed by atoms with Gasteiger partial charge in [0.15, 0.2) is 0 Å². The fourth-order valence-corrected chi connectivity index (χ4v) is 5.50. The van der Waals surface area contributed by atoms with Gasteiger partial charge >= 0.3 is 0 Å². The molecule has 0 radical (unpaired) electrons. The Hall–Kier alpha value is -2.82. The Morgan fingerprint density at radius 1 is 0.968 bits per heavy atom. The van der Waals surface area contributed by atoms with Gasteiger partial charge < -0.3 is 14.4 Å². The van der Waals surface area contributed by atoms with Crippen LogP contribution in [0.5, 0.6) is 0 Å². The molecule has 1 atom stereocenters. The predicted molar refractivity (Wildman–Crippen MR) is 118 cm³/mol. The second-order valence-electron chi connectivity index (χ2n) is 9.14. The number of likely N-dealkylation sites (tertiary alicyclic amines) is 1. The highest BCUT2D eigenvalue weighted by atomic mass is 16.3. The predicted octanol–water partition coefficient (Wildman–Crippen LogP) is 5.22. The molecule has 2 aromatic rings. The van der Waals surface area contributed by atoms with Crippen LogP contribution in [0.2, 0.25) is 0 Å². The van der Waals surface area contributed by atoms with Gasteiger partial charge in [-0.3, -0.25) is 9.59 Å². The maximum atomic E-state index is 13.2. The van der Waals surface area contributed by atoms with Crippen LogP contribution in [0.4, 0.5) is 0 Å². The molecule has 0 bridgehead atoms. The van der Waals surface area contributed by atoms with Crippen molar-refractivity contribution >= 4 is 17.4 Å². The average Bonchev–Trinajstić information content (AvgIpc) is 3.34. The zero-order chi connectivity index (χ0) is 21.5. The molecule has 1 N–H and O–H groups in total. The minimum Gasteiger partial charge on any atom is -0.507 e. The number of hydrogen-bond donors (Lipinski definition) is 1. The van der Waals surface area contributed by atoms with Crippen molar-refractivity contribution in [2.75, 3.05) is 0 Å². The van der Waals surface area contributed by atoms with Crippen LogP contribution in [-0.2, 0) is 22.4 Å². The Morgan fingerprint density at radius 3 is 2.42 bits per heavy atom. The molecule has 2 fully saturated rings. The van der Waals surface area contributed by atoms with Gasteiger partial charge in [-0.1, -0.05) is 31.4 Å². The third-order valence-corrected chi connectivity index (χ3v) is 7.10. The lowest BCUT2D eigenvalue weighted by Gasteiger charge is -2.34. The van der Waals surface area contributed by atoms with E-state index in [2.05, 4.69) is 0 Å². The second kappa shape index (κ2) is 8.03. The van der Waals surface area contributed by atoms with Crippen molar-refractivity contribution < 1.29 is 19.1 Å². The van der Waals surface area contributed by atoms with Crippen LogP contribution in [0.3, 0.4) is 0 Å². The van der Waals surface area contributed by atoms with Gasteiger partial charge in [0, 0.05) is 11.6 Å². The SMILES string of the molecule is Cc1ccc(C2/C(=C(/O)c3ccc4c(c3)CCCC4)C(=O)C(=O)N2C2CCCCC2)o1. The lowest BCUT2D eigenvalue weighted by atomic mass is 9.89. The highest BCUT2D eigenvalue weighted by molar-refractivity contribution is 6.46. The zero-order valence-corrected chi connectivity index (χ0v) is 18.0. The van der Waals surface area contributed by atoms with E-state index in [1.165, 1.54) is 17.5 Å².